The minimum Gasteiger partial charge on any atom is -0.486 e. The summed E-state index contributed by atoms with van der Waals surface area (Å²) in [7, 11) is -4.30. The van der Waals surface area contributed by atoms with Gasteiger partial charge in [0.15, 0.2) is 11.5 Å². The summed E-state index contributed by atoms with van der Waals surface area (Å²) >= 11 is 6.22. The van der Waals surface area contributed by atoms with E-state index in [1.807, 2.05) is 0 Å². The number of carbonyl (C=O) groups is 2. The van der Waals surface area contributed by atoms with Crippen LogP contribution in [-0.2, 0) is 19.6 Å². The number of fused-ring (bicyclic) bond motifs is 1. The normalized spacial score (nSPS) is 12.5. The van der Waals surface area contributed by atoms with E-state index < -0.39 is 34.3 Å². The first-order valence-corrected chi connectivity index (χ1v) is 13.0. The molecule has 37 heavy (non-hydrogen) atoms. The summed E-state index contributed by atoms with van der Waals surface area (Å²) in [4.78, 5) is 24.7. The maximum absolute atomic E-state index is 13.6. The van der Waals surface area contributed by atoms with Crippen LogP contribution in [0.1, 0.15) is 17.3 Å². The Morgan fingerprint density at radius 3 is 2.41 bits per heavy atom. The zero-order valence-corrected chi connectivity index (χ0v) is 21.1. The van der Waals surface area contributed by atoms with E-state index in [9.17, 15) is 22.4 Å². The fourth-order valence-electron chi connectivity index (χ4n) is 3.51. The second-order valence-electron chi connectivity index (χ2n) is 7.76. The summed E-state index contributed by atoms with van der Waals surface area (Å²) in [5, 5.41) is 2.60. The summed E-state index contributed by atoms with van der Waals surface area (Å²) in [6, 6.07) is 12.9. The van der Waals surface area contributed by atoms with Gasteiger partial charge in [-0.1, -0.05) is 11.6 Å². The van der Waals surface area contributed by atoms with Gasteiger partial charge in [-0.05, 0) is 61.5 Å². The van der Waals surface area contributed by atoms with Crippen LogP contribution in [0.2, 0.25) is 5.02 Å². The molecule has 0 saturated carbocycles. The van der Waals surface area contributed by atoms with Crippen molar-refractivity contribution in [3.63, 3.8) is 0 Å². The number of anilines is 2. The molecule has 1 heterocycles. The molecule has 0 spiro atoms. The molecule has 194 valence electrons. The van der Waals surface area contributed by atoms with Crippen LogP contribution in [-0.4, -0.2) is 46.7 Å². The van der Waals surface area contributed by atoms with Crippen molar-refractivity contribution in [1.29, 1.82) is 0 Å². The van der Waals surface area contributed by atoms with Gasteiger partial charge < -0.3 is 19.5 Å². The van der Waals surface area contributed by atoms with E-state index in [1.54, 1.807) is 6.92 Å². The predicted molar refractivity (Wildman–Crippen MR) is 134 cm³/mol. The lowest BCUT2D eigenvalue weighted by Crippen LogP contribution is -2.38. The van der Waals surface area contributed by atoms with E-state index in [4.69, 9.17) is 25.8 Å². The molecule has 0 radical (unpaired) electrons. The zero-order chi connectivity index (χ0) is 26.6. The molecule has 0 atom stereocenters. The number of hydrogen-bond donors (Lipinski definition) is 1. The highest BCUT2D eigenvalue weighted by Crippen LogP contribution is 2.34. The molecule has 0 fully saturated rings. The van der Waals surface area contributed by atoms with Crippen LogP contribution < -0.4 is 19.1 Å². The van der Waals surface area contributed by atoms with Crippen LogP contribution in [0.4, 0.5) is 15.8 Å². The Hall–Kier alpha value is -3.83. The van der Waals surface area contributed by atoms with Gasteiger partial charge in [-0.25, -0.2) is 17.6 Å². The van der Waals surface area contributed by atoms with Gasteiger partial charge in [0.25, 0.3) is 10.0 Å². The minimum atomic E-state index is -4.30. The Labute approximate surface area is 217 Å². The largest absolute Gasteiger partial charge is 0.486 e. The number of amides is 1. The third-order valence-corrected chi connectivity index (χ3v) is 7.34. The van der Waals surface area contributed by atoms with E-state index in [0.717, 1.165) is 16.4 Å². The Balaban J connectivity index is 1.61. The summed E-state index contributed by atoms with van der Waals surface area (Å²) in [6.07, 6.45) is 0. The lowest BCUT2D eigenvalue weighted by atomic mass is 10.2. The van der Waals surface area contributed by atoms with Gasteiger partial charge in [0.1, 0.15) is 25.6 Å². The molecule has 0 bridgehead atoms. The molecule has 3 aromatic carbocycles. The molecule has 3 aromatic rings. The Morgan fingerprint density at radius 1 is 1.03 bits per heavy atom. The summed E-state index contributed by atoms with van der Waals surface area (Å²) in [5.41, 5.74) is 0.421. The number of rotatable bonds is 8. The Morgan fingerprint density at radius 2 is 1.73 bits per heavy atom. The van der Waals surface area contributed by atoms with Gasteiger partial charge in [0.2, 0.25) is 5.91 Å². The smallest absolute Gasteiger partial charge is 0.338 e. The van der Waals surface area contributed by atoms with Crippen LogP contribution in [0.15, 0.2) is 65.6 Å². The van der Waals surface area contributed by atoms with Gasteiger partial charge in [-0.2, -0.15) is 0 Å². The quantitative estimate of drug-likeness (QED) is 0.419. The number of carbonyl (C=O) groups excluding carboxylic acids is 2. The molecule has 9 nitrogen and oxygen atoms in total. The van der Waals surface area contributed by atoms with Gasteiger partial charge in [0.05, 0.1) is 33.5 Å². The van der Waals surface area contributed by atoms with Gasteiger partial charge >= 0.3 is 5.97 Å². The number of benzene rings is 3. The minimum absolute atomic E-state index is 0.0573. The van der Waals surface area contributed by atoms with E-state index in [1.165, 1.54) is 48.5 Å². The molecular weight excluding hydrogens is 527 g/mol. The fourth-order valence-corrected chi connectivity index (χ4v) is 5.18. The number of nitrogens with zero attached hydrogens (tertiary/aromatic N) is 1. The third-order valence-electron chi connectivity index (χ3n) is 5.26. The van der Waals surface area contributed by atoms with Gasteiger partial charge in [0, 0.05) is 6.07 Å². The molecule has 1 amide bonds. The van der Waals surface area contributed by atoms with E-state index in [0.29, 0.717) is 12.4 Å². The predicted octanol–water partition coefficient (Wildman–Crippen LogP) is 4.26. The zero-order valence-electron chi connectivity index (χ0n) is 19.6. The number of esters is 1. The monoisotopic (exact) mass is 548 g/mol. The van der Waals surface area contributed by atoms with Crippen LogP contribution in [0.5, 0.6) is 11.5 Å². The maximum Gasteiger partial charge on any atom is 0.338 e. The van der Waals surface area contributed by atoms with Crippen molar-refractivity contribution < 1.29 is 36.6 Å². The van der Waals surface area contributed by atoms with Crippen molar-refractivity contribution in [3.8, 4) is 11.5 Å². The lowest BCUT2D eigenvalue weighted by molar-refractivity contribution is -0.114. The van der Waals surface area contributed by atoms with Crippen molar-refractivity contribution in [2.75, 3.05) is 36.0 Å². The van der Waals surface area contributed by atoms with Crippen molar-refractivity contribution in [2.24, 2.45) is 0 Å². The number of ether oxygens (including phenoxy) is 3. The average molecular weight is 549 g/mol. The van der Waals surface area contributed by atoms with Gasteiger partial charge in [-0.15, -0.1) is 0 Å². The first-order valence-electron chi connectivity index (χ1n) is 11.1. The SMILES string of the molecule is CCOC(=O)c1ccc(NC(=O)CN(c2ccc(F)cc2)S(=O)(=O)c2ccc3c(c2)OCCO3)c(Cl)c1. The molecule has 1 aliphatic heterocycles. The second kappa shape index (κ2) is 11.1. The first kappa shape index (κ1) is 26.2. The Kier molecular flexibility index (Phi) is 7.84. The number of nitrogens with one attached hydrogen (secondary N) is 1. The summed E-state index contributed by atoms with van der Waals surface area (Å²) in [6.45, 7) is 1.80. The highest BCUT2D eigenvalue weighted by molar-refractivity contribution is 7.92. The van der Waals surface area contributed by atoms with Crippen LogP contribution >= 0.6 is 11.6 Å². The van der Waals surface area contributed by atoms with Crippen molar-refractivity contribution in [1.82, 2.24) is 0 Å². The molecule has 1 N–H and O–H groups in total. The average Bonchev–Trinajstić information content (AvgIpc) is 2.89. The fraction of sp³-hybridized carbons (Fsp3) is 0.200. The van der Waals surface area contributed by atoms with E-state index in [2.05, 4.69) is 5.32 Å². The molecule has 1 aliphatic rings. The Bertz CT molecular complexity index is 1430. The highest BCUT2D eigenvalue weighted by Gasteiger charge is 2.29. The van der Waals surface area contributed by atoms with Crippen molar-refractivity contribution >= 4 is 44.9 Å². The van der Waals surface area contributed by atoms with Crippen LogP contribution in [0.25, 0.3) is 0 Å². The second-order valence-corrected chi connectivity index (χ2v) is 10.0. The molecule has 12 heteroatoms. The molecule has 4 rings (SSSR count). The van der Waals surface area contributed by atoms with Crippen molar-refractivity contribution in [3.05, 3.63) is 77.1 Å². The number of sulfonamides is 1. The van der Waals surface area contributed by atoms with Gasteiger partial charge in [-0.3, -0.25) is 9.10 Å². The molecule has 0 saturated heterocycles. The maximum atomic E-state index is 13.6. The van der Waals surface area contributed by atoms with E-state index >= 15 is 0 Å². The number of halogens is 2. The van der Waals surface area contributed by atoms with Crippen LogP contribution in [0.3, 0.4) is 0 Å². The molecule has 0 aromatic heterocycles. The molecule has 0 unspecified atom stereocenters. The van der Waals surface area contributed by atoms with Crippen LogP contribution in [0, 0.1) is 5.82 Å². The summed E-state index contributed by atoms with van der Waals surface area (Å²) in [5.74, 6) is -1.22. The number of hydrogen-bond acceptors (Lipinski definition) is 7. The standard InChI is InChI=1S/C25H22ClFN2O7S/c1-2-34-25(31)16-3-9-21(20(26)13-16)28-24(30)15-29(18-6-4-17(27)5-7-18)37(32,33)19-8-10-22-23(14-19)36-12-11-35-22/h3-10,13-14H,2,11-12,15H2,1H3,(H,28,30). The summed E-state index contributed by atoms with van der Waals surface area (Å²) < 4.78 is 57.5. The molecular formula is C25H22ClFN2O7S. The molecule has 0 aliphatic carbocycles. The van der Waals surface area contributed by atoms with E-state index in [-0.39, 0.29) is 45.8 Å². The third kappa shape index (κ3) is 5.95. The highest BCUT2D eigenvalue weighted by atomic mass is 35.5. The van der Waals surface area contributed by atoms with Crippen molar-refractivity contribution in [2.45, 2.75) is 11.8 Å². The lowest BCUT2D eigenvalue weighted by Gasteiger charge is -2.25. The topological polar surface area (TPSA) is 111 Å². The first-order chi connectivity index (χ1) is 17.7.